The maximum atomic E-state index is 13.2. The number of hydrogen-bond acceptors (Lipinski definition) is 5. The Kier molecular flexibility index (Phi) is 5.24. The fourth-order valence-corrected chi connectivity index (χ4v) is 4.12. The molecule has 1 atom stereocenters. The first-order valence-electron chi connectivity index (χ1n) is 10.3. The van der Waals surface area contributed by atoms with Crippen molar-refractivity contribution in [3.05, 3.63) is 77.7 Å². The summed E-state index contributed by atoms with van der Waals surface area (Å²) in [4.78, 5) is 6.23. The lowest BCUT2D eigenvalue weighted by atomic mass is 10.0. The topological polar surface area (TPSA) is 43.8 Å². The summed E-state index contributed by atoms with van der Waals surface area (Å²) >= 11 is 0. The Balaban J connectivity index is 1.27. The standard InChI is InChI=1S/C24H23FN2O3/c25-23-4-1-5-24(26-23)30-19-9-6-17(7-10-19)16-27-12-2-3-20(27)18-8-11-21-22(15-18)29-14-13-28-21/h1,4-11,15,20H,2-3,12-14,16H2/t20-/m1/s1. The second-order valence-corrected chi connectivity index (χ2v) is 7.58. The Hall–Kier alpha value is -3.12. The van der Waals surface area contributed by atoms with Crippen molar-refractivity contribution >= 4 is 0 Å². The van der Waals surface area contributed by atoms with Crippen molar-refractivity contribution in [2.24, 2.45) is 0 Å². The molecule has 30 heavy (non-hydrogen) atoms. The molecule has 3 aromatic rings. The number of nitrogens with zero attached hydrogens (tertiary/aromatic N) is 2. The van der Waals surface area contributed by atoms with Crippen LogP contribution in [0.15, 0.2) is 60.7 Å². The molecule has 0 unspecified atom stereocenters. The van der Waals surface area contributed by atoms with Gasteiger partial charge in [0, 0.05) is 18.7 Å². The Morgan fingerprint density at radius 2 is 1.83 bits per heavy atom. The first-order chi connectivity index (χ1) is 14.7. The third kappa shape index (κ3) is 4.09. The lowest BCUT2D eigenvalue weighted by molar-refractivity contribution is 0.170. The first kappa shape index (κ1) is 18.9. The molecule has 0 saturated carbocycles. The van der Waals surface area contributed by atoms with Gasteiger partial charge in [-0.15, -0.1) is 0 Å². The van der Waals surface area contributed by atoms with E-state index in [1.54, 1.807) is 12.1 Å². The summed E-state index contributed by atoms with van der Waals surface area (Å²) in [5.41, 5.74) is 2.48. The molecule has 0 aliphatic carbocycles. The summed E-state index contributed by atoms with van der Waals surface area (Å²) < 4.78 is 30.3. The quantitative estimate of drug-likeness (QED) is 0.550. The monoisotopic (exact) mass is 406 g/mol. The van der Waals surface area contributed by atoms with Gasteiger partial charge in [0.2, 0.25) is 11.8 Å². The predicted molar refractivity (Wildman–Crippen MR) is 111 cm³/mol. The van der Waals surface area contributed by atoms with E-state index in [4.69, 9.17) is 14.2 Å². The van der Waals surface area contributed by atoms with Crippen LogP contribution in [0.1, 0.15) is 30.0 Å². The van der Waals surface area contributed by atoms with Gasteiger partial charge in [-0.2, -0.15) is 9.37 Å². The lowest BCUT2D eigenvalue weighted by Gasteiger charge is -2.26. The van der Waals surface area contributed by atoms with E-state index < -0.39 is 5.95 Å². The molecule has 0 spiro atoms. The lowest BCUT2D eigenvalue weighted by Crippen LogP contribution is -2.23. The van der Waals surface area contributed by atoms with Crippen LogP contribution >= 0.6 is 0 Å². The number of likely N-dealkylation sites (tertiary alicyclic amines) is 1. The van der Waals surface area contributed by atoms with Crippen LogP contribution in [-0.4, -0.2) is 29.6 Å². The van der Waals surface area contributed by atoms with Crippen molar-refractivity contribution in [2.75, 3.05) is 19.8 Å². The van der Waals surface area contributed by atoms with Crippen molar-refractivity contribution in [3.63, 3.8) is 0 Å². The van der Waals surface area contributed by atoms with Crippen LogP contribution in [-0.2, 0) is 6.54 Å². The summed E-state index contributed by atoms with van der Waals surface area (Å²) in [7, 11) is 0. The van der Waals surface area contributed by atoms with Crippen molar-refractivity contribution in [3.8, 4) is 23.1 Å². The van der Waals surface area contributed by atoms with Crippen molar-refractivity contribution < 1.29 is 18.6 Å². The summed E-state index contributed by atoms with van der Waals surface area (Å²) in [6, 6.07) is 19.1. The van der Waals surface area contributed by atoms with E-state index in [0.29, 0.717) is 25.0 Å². The van der Waals surface area contributed by atoms with E-state index in [-0.39, 0.29) is 5.88 Å². The Morgan fingerprint density at radius 3 is 2.67 bits per heavy atom. The zero-order valence-corrected chi connectivity index (χ0v) is 16.6. The van der Waals surface area contributed by atoms with Crippen LogP contribution in [0.2, 0.25) is 0 Å². The van der Waals surface area contributed by atoms with Gasteiger partial charge in [0.25, 0.3) is 0 Å². The van der Waals surface area contributed by atoms with E-state index in [1.165, 1.54) is 23.6 Å². The van der Waals surface area contributed by atoms with Gasteiger partial charge in [-0.3, -0.25) is 4.90 Å². The molecule has 0 N–H and O–H groups in total. The fourth-order valence-electron chi connectivity index (χ4n) is 4.12. The SMILES string of the molecule is Fc1cccc(Oc2ccc(CN3CCC[C@@H]3c3ccc4c(c3)OCCO4)cc2)n1. The minimum Gasteiger partial charge on any atom is -0.486 e. The number of rotatable bonds is 5. The van der Waals surface area contributed by atoms with E-state index in [1.807, 2.05) is 30.3 Å². The van der Waals surface area contributed by atoms with Gasteiger partial charge in [-0.05, 0) is 60.8 Å². The van der Waals surface area contributed by atoms with Crippen molar-refractivity contribution in [1.29, 1.82) is 0 Å². The third-order valence-electron chi connectivity index (χ3n) is 5.54. The number of pyridine rings is 1. The van der Waals surface area contributed by atoms with E-state index in [0.717, 1.165) is 31.0 Å². The van der Waals surface area contributed by atoms with Gasteiger partial charge in [0.05, 0.1) is 0 Å². The highest BCUT2D eigenvalue weighted by molar-refractivity contribution is 5.45. The molecule has 2 aliphatic rings. The molecule has 0 amide bonds. The fraction of sp³-hybridized carbons (Fsp3) is 0.292. The summed E-state index contributed by atoms with van der Waals surface area (Å²) in [6.07, 6.45) is 2.30. The van der Waals surface area contributed by atoms with Gasteiger partial charge >= 0.3 is 0 Å². The van der Waals surface area contributed by atoms with Gasteiger partial charge in [0.1, 0.15) is 19.0 Å². The first-order valence-corrected chi connectivity index (χ1v) is 10.3. The highest BCUT2D eigenvalue weighted by atomic mass is 19.1. The normalized spacial score (nSPS) is 18.4. The molecule has 1 saturated heterocycles. The number of hydrogen-bond donors (Lipinski definition) is 0. The molecule has 2 aliphatic heterocycles. The summed E-state index contributed by atoms with van der Waals surface area (Å²) in [5.74, 6) is 2.02. The largest absolute Gasteiger partial charge is 0.486 e. The van der Waals surface area contributed by atoms with Gasteiger partial charge in [-0.1, -0.05) is 24.3 Å². The molecule has 1 fully saturated rings. The molecular weight excluding hydrogens is 383 g/mol. The molecule has 154 valence electrons. The maximum Gasteiger partial charge on any atom is 0.221 e. The van der Waals surface area contributed by atoms with Crippen LogP contribution in [0.3, 0.4) is 0 Å². The minimum absolute atomic E-state index is 0.251. The van der Waals surface area contributed by atoms with Gasteiger partial charge < -0.3 is 14.2 Å². The average molecular weight is 406 g/mol. The van der Waals surface area contributed by atoms with Crippen molar-refractivity contribution in [2.45, 2.75) is 25.4 Å². The van der Waals surface area contributed by atoms with Crippen molar-refractivity contribution in [1.82, 2.24) is 9.88 Å². The zero-order chi connectivity index (χ0) is 20.3. The van der Waals surface area contributed by atoms with Crippen LogP contribution in [0, 0.1) is 5.95 Å². The average Bonchev–Trinajstić information content (AvgIpc) is 3.23. The van der Waals surface area contributed by atoms with Crippen LogP contribution in [0.5, 0.6) is 23.1 Å². The minimum atomic E-state index is -0.552. The Morgan fingerprint density at radius 1 is 1.00 bits per heavy atom. The van der Waals surface area contributed by atoms with Crippen LogP contribution < -0.4 is 14.2 Å². The van der Waals surface area contributed by atoms with Crippen LogP contribution in [0.4, 0.5) is 4.39 Å². The maximum absolute atomic E-state index is 13.2. The Labute approximate surface area is 175 Å². The molecule has 0 radical (unpaired) electrons. The van der Waals surface area contributed by atoms with Gasteiger partial charge in [-0.25, -0.2) is 0 Å². The number of halogens is 1. The van der Waals surface area contributed by atoms with E-state index in [9.17, 15) is 4.39 Å². The molecule has 5 rings (SSSR count). The Bertz CT molecular complexity index is 1030. The summed E-state index contributed by atoms with van der Waals surface area (Å²) in [5, 5.41) is 0. The summed E-state index contributed by atoms with van der Waals surface area (Å²) in [6.45, 7) is 3.13. The third-order valence-corrected chi connectivity index (χ3v) is 5.54. The second-order valence-electron chi connectivity index (χ2n) is 7.58. The molecule has 6 heteroatoms. The molecule has 5 nitrogen and oxygen atoms in total. The van der Waals surface area contributed by atoms with Crippen LogP contribution in [0.25, 0.3) is 0 Å². The van der Waals surface area contributed by atoms with E-state index in [2.05, 4.69) is 22.0 Å². The number of benzene rings is 2. The number of ether oxygens (including phenoxy) is 3. The van der Waals surface area contributed by atoms with E-state index >= 15 is 0 Å². The molecule has 3 heterocycles. The smallest absolute Gasteiger partial charge is 0.221 e. The highest BCUT2D eigenvalue weighted by Crippen LogP contribution is 2.38. The molecular formula is C24H23FN2O3. The molecule has 2 aromatic carbocycles. The number of fused-ring (bicyclic) bond motifs is 1. The van der Waals surface area contributed by atoms with Gasteiger partial charge in [0.15, 0.2) is 11.5 Å². The number of aromatic nitrogens is 1. The predicted octanol–water partition coefficient (Wildman–Crippen LogP) is 5.12. The molecule has 0 bridgehead atoms. The highest BCUT2D eigenvalue weighted by Gasteiger charge is 2.27. The zero-order valence-electron chi connectivity index (χ0n) is 16.6. The second kappa shape index (κ2) is 8.32. The molecule has 1 aromatic heterocycles.